The summed E-state index contributed by atoms with van der Waals surface area (Å²) < 4.78 is 0. The number of hydrogen-bond donors (Lipinski definition) is 1. The summed E-state index contributed by atoms with van der Waals surface area (Å²) in [5.41, 5.74) is 2.48. The van der Waals surface area contributed by atoms with Crippen LogP contribution in [0.15, 0.2) is 60.7 Å². The number of amides is 1. The van der Waals surface area contributed by atoms with Crippen molar-refractivity contribution in [2.24, 2.45) is 0 Å². The van der Waals surface area contributed by atoms with Crippen LogP contribution in [-0.2, 0) is 17.6 Å². The Hall–Kier alpha value is -2.13. The van der Waals surface area contributed by atoms with Gasteiger partial charge >= 0.3 is 0 Å². The molecule has 2 aromatic rings. The van der Waals surface area contributed by atoms with Gasteiger partial charge in [-0.1, -0.05) is 60.7 Å². The minimum atomic E-state index is 0.143. The molecule has 3 nitrogen and oxygen atoms in total. The maximum absolute atomic E-state index is 12.1. The van der Waals surface area contributed by atoms with Gasteiger partial charge in [0.15, 0.2) is 0 Å². The average molecular weight is 322 g/mol. The highest BCUT2D eigenvalue weighted by molar-refractivity contribution is 5.78. The molecule has 1 heterocycles. The minimum Gasteiger partial charge on any atom is -0.353 e. The van der Waals surface area contributed by atoms with Crippen LogP contribution in [0.1, 0.15) is 24.0 Å². The molecule has 2 aromatic carbocycles. The van der Waals surface area contributed by atoms with Crippen LogP contribution in [0, 0.1) is 0 Å². The van der Waals surface area contributed by atoms with Crippen molar-refractivity contribution in [2.45, 2.75) is 31.7 Å². The molecule has 0 saturated carbocycles. The Morgan fingerprint density at radius 2 is 1.50 bits per heavy atom. The maximum atomic E-state index is 12.1. The van der Waals surface area contributed by atoms with Gasteiger partial charge in [-0.3, -0.25) is 4.79 Å². The predicted octanol–water partition coefficient (Wildman–Crippen LogP) is 3.05. The lowest BCUT2D eigenvalue weighted by Gasteiger charge is -2.32. The third-order valence-corrected chi connectivity index (χ3v) is 4.72. The second kappa shape index (κ2) is 8.65. The van der Waals surface area contributed by atoms with Crippen LogP contribution in [0.3, 0.4) is 0 Å². The van der Waals surface area contributed by atoms with Gasteiger partial charge in [-0.15, -0.1) is 0 Å². The van der Waals surface area contributed by atoms with Gasteiger partial charge in [0.2, 0.25) is 5.91 Å². The number of rotatable bonds is 6. The molecule has 1 saturated heterocycles. The minimum absolute atomic E-state index is 0.143. The van der Waals surface area contributed by atoms with Crippen molar-refractivity contribution in [1.29, 1.82) is 0 Å². The van der Waals surface area contributed by atoms with Gasteiger partial charge in [0.1, 0.15) is 0 Å². The largest absolute Gasteiger partial charge is 0.353 e. The van der Waals surface area contributed by atoms with E-state index in [1.54, 1.807) is 0 Å². The lowest BCUT2D eigenvalue weighted by Crippen LogP contribution is -2.45. The van der Waals surface area contributed by atoms with E-state index in [4.69, 9.17) is 0 Å². The maximum Gasteiger partial charge on any atom is 0.224 e. The summed E-state index contributed by atoms with van der Waals surface area (Å²) >= 11 is 0. The van der Waals surface area contributed by atoms with Crippen molar-refractivity contribution < 1.29 is 4.79 Å². The molecule has 1 N–H and O–H groups in total. The fourth-order valence-electron chi connectivity index (χ4n) is 3.29. The quantitative estimate of drug-likeness (QED) is 0.886. The number of nitrogens with zero attached hydrogens (tertiary/aromatic N) is 1. The lowest BCUT2D eigenvalue weighted by atomic mass is 10.0. The van der Waals surface area contributed by atoms with E-state index in [0.717, 1.165) is 44.5 Å². The van der Waals surface area contributed by atoms with Crippen molar-refractivity contribution in [1.82, 2.24) is 10.2 Å². The summed E-state index contributed by atoms with van der Waals surface area (Å²) in [5, 5.41) is 3.20. The summed E-state index contributed by atoms with van der Waals surface area (Å²) in [6.45, 7) is 3.25. The second-order valence-electron chi connectivity index (χ2n) is 6.58. The first kappa shape index (κ1) is 16.7. The number of carbonyl (C=O) groups excluding carboxylic acids is 1. The van der Waals surface area contributed by atoms with E-state index < -0.39 is 0 Å². The van der Waals surface area contributed by atoms with Crippen molar-refractivity contribution in [3.8, 4) is 0 Å². The van der Waals surface area contributed by atoms with Crippen LogP contribution in [0.4, 0.5) is 0 Å². The topological polar surface area (TPSA) is 32.3 Å². The Morgan fingerprint density at radius 1 is 0.917 bits per heavy atom. The normalized spacial score (nSPS) is 16.0. The molecular weight excluding hydrogens is 296 g/mol. The molecule has 1 amide bonds. The summed E-state index contributed by atoms with van der Waals surface area (Å²) in [6.07, 6.45) is 3.69. The van der Waals surface area contributed by atoms with E-state index in [-0.39, 0.29) is 5.91 Å². The molecule has 0 aromatic heterocycles. The van der Waals surface area contributed by atoms with Gasteiger partial charge in [-0.25, -0.2) is 0 Å². The Bertz CT molecular complexity index is 619. The summed E-state index contributed by atoms with van der Waals surface area (Å²) in [6, 6.07) is 20.9. The molecule has 3 rings (SSSR count). The Labute approximate surface area is 144 Å². The van der Waals surface area contributed by atoms with Crippen LogP contribution >= 0.6 is 0 Å². The summed E-state index contributed by atoms with van der Waals surface area (Å²) in [5.74, 6) is 0.143. The zero-order chi connectivity index (χ0) is 16.6. The van der Waals surface area contributed by atoms with E-state index >= 15 is 0 Å². The first-order valence-electron chi connectivity index (χ1n) is 8.89. The molecule has 0 radical (unpaired) electrons. The molecule has 1 fully saturated rings. The first-order chi connectivity index (χ1) is 11.8. The highest BCUT2D eigenvalue weighted by atomic mass is 16.1. The van der Waals surface area contributed by atoms with E-state index in [1.807, 2.05) is 30.3 Å². The highest BCUT2D eigenvalue weighted by Crippen LogP contribution is 2.12. The van der Waals surface area contributed by atoms with Crippen LogP contribution in [0.25, 0.3) is 0 Å². The third kappa shape index (κ3) is 5.20. The van der Waals surface area contributed by atoms with Crippen molar-refractivity contribution in [2.75, 3.05) is 19.6 Å². The Balaban J connectivity index is 1.36. The van der Waals surface area contributed by atoms with Gasteiger partial charge in [-0.05, 0) is 30.4 Å². The number of likely N-dealkylation sites (tertiary alicyclic amines) is 1. The van der Waals surface area contributed by atoms with E-state index in [9.17, 15) is 4.79 Å². The molecule has 1 aliphatic rings. The van der Waals surface area contributed by atoms with Crippen molar-refractivity contribution in [3.05, 3.63) is 71.8 Å². The van der Waals surface area contributed by atoms with E-state index in [2.05, 4.69) is 40.5 Å². The summed E-state index contributed by atoms with van der Waals surface area (Å²) in [4.78, 5) is 14.7. The molecule has 0 unspecified atom stereocenters. The van der Waals surface area contributed by atoms with Gasteiger partial charge < -0.3 is 10.2 Å². The number of carbonyl (C=O) groups is 1. The number of benzene rings is 2. The molecule has 0 spiro atoms. The molecule has 24 heavy (non-hydrogen) atoms. The highest BCUT2D eigenvalue weighted by Gasteiger charge is 2.20. The molecule has 126 valence electrons. The first-order valence-corrected chi connectivity index (χ1v) is 8.89. The SMILES string of the molecule is O=C(Cc1ccccc1)NC1CCN(CCc2ccccc2)CC1. The number of piperidine rings is 1. The van der Waals surface area contributed by atoms with Crippen LogP contribution in [0.2, 0.25) is 0 Å². The lowest BCUT2D eigenvalue weighted by molar-refractivity contribution is -0.121. The van der Waals surface area contributed by atoms with Gasteiger partial charge in [0, 0.05) is 25.7 Å². The number of hydrogen-bond acceptors (Lipinski definition) is 2. The average Bonchev–Trinajstić information content (AvgIpc) is 2.63. The molecule has 0 aliphatic carbocycles. The predicted molar refractivity (Wildman–Crippen MR) is 97.9 cm³/mol. The van der Waals surface area contributed by atoms with Crippen molar-refractivity contribution in [3.63, 3.8) is 0 Å². The van der Waals surface area contributed by atoms with Crippen LogP contribution in [-0.4, -0.2) is 36.5 Å². The van der Waals surface area contributed by atoms with Gasteiger partial charge in [-0.2, -0.15) is 0 Å². The second-order valence-corrected chi connectivity index (χ2v) is 6.58. The monoisotopic (exact) mass is 322 g/mol. The fourth-order valence-corrected chi connectivity index (χ4v) is 3.29. The fraction of sp³-hybridized carbons (Fsp3) is 0.381. The molecule has 0 atom stereocenters. The van der Waals surface area contributed by atoms with E-state index in [0.29, 0.717) is 12.5 Å². The summed E-state index contributed by atoms with van der Waals surface area (Å²) in [7, 11) is 0. The third-order valence-electron chi connectivity index (χ3n) is 4.72. The smallest absolute Gasteiger partial charge is 0.224 e. The zero-order valence-corrected chi connectivity index (χ0v) is 14.2. The van der Waals surface area contributed by atoms with Crippen LogP contribution in [0.5, 0.6) is 0 Å². The van der Waals surface area contributed by atoms with Gasteiger partial charge in [0.05, 0.1) is 6.42 Å². The Morgan fingerprint density at radius 3 is 2.12 bits per heavy atom. The van der Waals surface area contributed by atoms with E-state index in [1.165, 1.54) is 5.56 Å². The molecule has 0 bridgehead atoms. The standard InChI is InChI=1S/C21H26N2O/c24-21(17-19-9-5-2-6-10-19)22-20-12-15-23(16-13-20)14-11-18-7-3-1-4-8-18/h1-10,20H,11-17H2,(H,22,24). The zero-order valence-electron chi connectivity index (χ0n) is 14.2. The Kier molecular flexibility index (Phi) is 6.02. The molecule has 3 heteroatoms. The van der Waals surface area contributed by atoms with Gasteiger partial charge in [0.25, 0.3) is 0 Å². The molecule has 1 aliphatic heterocycles. The van der Waals surface area contributed by atoms with Crippen molar-refractivity contribution >= 4 is 5.91 Å². The van der Waals surface area contributed by atoms with Crippen LogP contribution < -0.4 is 5.32 Å². The number of nitrogens with one attached hydrogen (secondary N) is 1. The molecular formula is C21H26N2O.